The topological polar surface area (TPSA) is 12.0 Å². The number of thioether (sulfide) groups is 1. The molecule has 0 aromatic heterocycles. The molecule has 0 aliphatic carbocycles. The first-order chi connectivity index (χ1) is 4.84. The summed E-state index contributed by atoms with van der Waals surface area (Å²) < 4.78 is 0. The van der Waals surface area contributed by atoms with Gasteiger partial charge in [0.05, 0.1) is 0 Å². The highest BCUT2D eigenvalue weighted by Crippen LogP contribution is 2.24. The van der Waals surface area contributed by atoms with Crippen molar-refractivity contribution in [2.75, 3.05) is 6.54 Å². The highest BCUT2D eigenvalue weighted by Gasteiger charge is 2.01. The minimum Gasteiger partial charge on any atom is -0.387 e. The molecule has 0 radical (unpaired) electrons. The second kappa shape index (κ2) is 3.52. The zero-order valence-electron chi connectivity index (χ0n) is 6.05. The molecule has 0 amide bonds. The molecule has 0 saturated heterocycles. The van der Waals surface area contributed by atoms with Crippen LogP contribution in [0.1, 0.15) is 6.92 Å². The van der Waals surface area contributed by atoms with Crippen LogP contribution in [-0.4, -0.2) is 6.54 Å². The zero-order valence-corrected chi connectivity index (χ0v) is 6.87. The van der Waals surface area contributed by atoms with Crippen LogP contribution in [0.3, 0.4) is 0 Å². The number of dihydropyridines is 1. The Balaban J connectivity index is 2.64. The monoisotopic (exact) mass is 153 g/mol. The van der Waals surface area contributed by atoms with Crippen molar-refractivity contribution in [3.63, 3.8) is 0 Å². The summed E-state index contributed by atoms with van der Waals surface area (Å²) in [6.45, 7) is 6.69. The van der Waals surface area contributed by atoms with Gasteiger partial charge in [-0.05, 0) is 17.9 Å². The summed E-state index contributed by atoms with van der Waals surface area (Å²) in [5, 5.41) is 4.99. The molecular weight excluding hydrogens is 142 g/mol. The van der Waals surface area contributed by atoms with E-state index in [9.17, 15) is 0 Å². The van der Waals surface area contributed by atoms with Gasteiger partial charge < -0.3 is 5.32 Å². The van der Waals surface area contributed by atoms with Crippen LogP contribution < -0.4 is 5.32 Å². The van der Waals surface area contributed by atoms with Crippen molar-refractivity contribution in [2.24, 2.45) is 0 Å². The van der Waals surface area contributed by atoms with Crippen molar-refractivity contribution in [2.45, 2.75) is 6.92 Å². The van der Waals surface area contributed by atoms with Gasteiger partial charge in [0, 0.05) is 17.6 Å². The number of nitrogens with one attached hydrogen (secondary N) is 1. The molecule has 1 rings (SSSR count). The second-order valence-electron chi connectivity index (χ2n) is 2.09. The predicted octanol–water partition coefficient (Wildman–Crippen LogP) is 2.25. The summed E-state index contributed by atoms with van der Waals surface area (Å²) >= 11 is 1.68. The molecule has 1 nitrogen and oxygen atoms in total. The fraction of sp³-hybridized carbons (Fsp3) is 0.250. The van der Waals surface area contributed by atoms with Gasteiger partial charge in [0.1, 0.15) is 0 Å². The van der Waals surface area contributed by atoms with E-state index in [2.05, 4.69) is 24.9 Å². The lowest BCUT2D eigenvalue weighted by molar-refractivity contribution is 0.951. The van der Waals surface area contributed by atoms with Gasteiger partial charge in [-0.1, -0.05) is 24.4 Å². The van der Waals surface area contributed by atoms with E-state index in [1.807, 2.05) is 11.6 Å². The molecule has 10 heavy (non-hydrogen) atoms. The maximum absolute atomic E-state index is 3.66. The Morgan fingerprint density at radius 2 is 2.60 bits per heavy atom. The van der Waals surface area contributed by atoms with Gasteiger partial charge in [-0.15, -0.1) is 0 Å². The lowest BCUT2D eigenvalue weighted by atomic mass is 10.2. The quantitative estimate of drug-likeness (QED) is 0.653. The normalized spacial score (nSPS) is 16.9. The molecule has 0 aromatic carbocycles. The van der Waals surface area contributed by atoms with Gasteiger partial charge in [0.15, 0.2) is 0 Å². The Kier molecular flexibility index (Phi) is 2.63. The third-order valence-electron chi connectivity index (χ3n) is 1.32. The Morgan fingerprint density at radius 3 is 3.20 bits per heavy atom. The Morgan fingerprint density at radius 1 is 1.80 bits per heavy atom. The zero-order chi connectivity index (χ0) is 7.40. The first kappa shape index (κ1) is 7.48. The molecule has 1 aliphatic heterocycles. The van der Waals surface area contributed by atoms with E-state index >= 15 is 0 Å². The number of hydrogen-bond donors (Lipinski definition) is 1. The fourth-order valence-corrected chi connectivity index (χ4v) is 1.43. The van der Waals surface area contributed by atoms with Crippen LogP contribution >= 0.6 is 11.8 Å². The first-order valence-corrected chi connectivity index (χ1v) is 4.11. The van der Waals surface area contributed by atoms with E-state index in [-0.39, 0.29) is 0 Å². The average Bonchev–Trinajstić information content (AvgIpc) is 1.94. The SMILES string of the molecule is C=CSC1=CCNC=C1C. The smallest absolute Gasteiger partial charge is 0.0339 e. The van der Waals surface area contributed by atoms with E-state index in [0.29, 0.717) is 0 Å². The van der Waals surface area contributed by atoms with Crippen LogP contribution in [0.25, 0.3) is 0 Å². The van der Waals surface area contributed by atoms with Gasteiger partial charge in [0.2, 0.25) is 0 Å². The largest absolute Gasteiger partial charge is 0.387 e. The minimum atomic E-state index is 0.938. The molecular formula is C8H11NS. The molecule has 0 bridgehead atoms. The summed E-state index contributed by atoms with van der Waals surface area (Å²) in [7, 11) is 0. The van der Waals surface area contributed by atoms with E-state index in [1.165, 1.54) is 10.5 Å². The summed E-state index contributed by atoms with van der Waals surface area (Å²) in [5.41, 5.74) is 1.29. The Bertz CT molecular complexity index is 191. The predicted molar refractivity (Wildman–Crippen MR) is 47.6 cm³/mol. The van der Waals surface area contributed by atoms with Gasteiger partial charge in [-0.3, -0.25) is 0 Å². The van der Waals surface area contributed by atoms with Crippen LogP contribution in [0, 0.1) is 0 Å². The van der Waals surface area contributed by atoms with E-state index in [0.717, 1.165) is 6.54 Å². The molecule has 1 N–H and O–H groups in total. The number of allylic oxidation sites excluding steroid dienone is 1. The number of rotatable bonds is 2. The van der Waals surface area contributed by atoms with Crippen molar-refractivity contribution in [3.05, 3.63) is 34.7 Å². The second-order valence-corrected chi connectivity index (χ2v) is 3.10. The van der Waals surface area contributed by atoms with Gasteiger partial charge in [-0.2, -0.15) is 0 Å². The van der Waals surface area contributed by atoms with Crippen LogP contribution in [0.4, 0.5) is 0 Å². The van der Waals surface area contributed by atoms with Gasteiger partial charge in [-0.25, -0.2) is 0 Å². The molecule has 0 fully saturated rings. The van der Waals surface area contributed by atoms with E-state index in [1.54, 1.807) is 11.8 Å². The summed E-state index contributed by atoms with van der Waals surface area (Å²) in [6, 6.07) is 0. The third kappa shape index (κ3) is 1.67. The maximum Gasteiger partial charge on any atom is 0.0339 e. The first-order valence-electron chi connectivity index (χ1n) is 3.23. The third-order valence-corrected chi connectivity index (χ3v) is 2.23. The molecule has 1 heterocycles. The molecule has 0 spiro atoms. The Hall–Kier alpha value is -0.630. The lowest BCUT2D eigenvalue weighted by Gasteiger charge is -2.10. The highest BCUT2D eigenvalue weighted by atomic mass is 32.2. The van der Waals surface area contributed by atoms with Crippen molar-refractivity contribution < 1.29 is 0 Å². The molecule has 0 atom stereocenters. The van der Waals surface area contributed by atoms with Crippen LogP contribution in [0.5, 0.6) is 0 Å². The van der Waals surface area contributed by atoms with Crippen LogP contribution in [-0.2, 0) is 0 Å². The average molecular weight is 153 g/mol. The molecule has 54 valence electrons. The Labute approximate surface area is 65.9 Å². The molecule has 2 heteroatoms. The summed E-state index contributed by atoms with van der Waals surface area (Å²) in [5.74, 6) is 0. The molecule has 0 saturated carbocycles. The van der Waals surface area contributed by atoms with Crippen LogP contribution in [0.2, 0.25) is 0 Å². The summed E-state index contributed by atoms with van der Waals surface area (Å²) in [6.07, 6.45) is 4.20. The van der Waals surface area contributed by atoms with Gasteiger partial charge in [0.25, 0.3) is 0 Å². The lowest BCUT2D eigenvalue weighted by Crippen LogP contribution is -2.10. The maximum atomic E-state index is 3.66. The van der Waals surface area contributed by atoms with Crippen molar-refractivity contribution in [1.29, 1.82) is 0 Å². The summed E-state index contributed by atoms with van der Waals surface area (Å²) in [4.78, 5) is 1.31. The molecule has 0 aromatic rings. The van der Waals surface area contributed by atoms with Gasteiger partial charge >= 0.3 is 0 Å². The fourth-order valence-electron chi connectivity index (χ4n) is 0.827. The van der Waals surface area contributed by atoms with Crippen molar-refractivity contribution in [1.82, 2.24) is 5.32 Å². The van der Waals surface area contributed by atoms with E-state index < -0.39 is 0 Å². The standard InChI is InChI=1S/C8H11NS/c1-3-10-8-4-5-9-6-7(8)2/h3-4,6,9H,1,5H2,2H3. The van der Waals surface area contributed by atoms with Crippen LogP contribution in [0.15, 0.2) is 34.7 Å². The van der Waals surface area contributed by atoms with Crippen molar-refractivity contribution >= 4 is 11.8 Å². The number of hydrogen-bond acceptors (Lipinski definition) is 2. The van der Waals surface area contributed by atoms with Crippen molar-refractivity contribution in [3.8, 4) is 0 Å². The van der Waals surface area contributed by atoms with E-state index in [4.69, 9.17) is 0 Å². The highest BCUT2D eigenvalue weighted by molar-refractivity contribution is 8.06. The minimum absolute atomic E-state index is 0.938. The molecule has 1 aliphatic rings. The molecule has 0 unspecified atom stereocenters.